The van der Waals surface area contributed by atoms with Gasteiger partial charge in [-0.3, -0.25) is 77.1 Å². The highest BCUT2D eigenvalue weighted by atomic mass is 16.6. The lowest BCUT2D eigenvalue weighted by molar-refractivity contribution is -0.158. The molecule has 614 valence electrons. The molecule has 2 aliphatic carbocycles. The molecular formula is C87H102N4O24. The lowest BCUT2D eigenvalue weighted by Crippen LogP contribution is -2.46. The standard InChI is InChI=1S/C26H25NO6.C22H25NO6.C21H23NO6.C18H29NO6/c28-23(32-18-20-10-4-1-5-11-20)16-27(25(26(30)31)22-14-8-3-9-15-22)17-24(29)33-19-21-12-6-2-7-13-21;1-2-19(22(26)27)23(13-20(24)28-15-17-9-5-3-6-10-17)14-21(25)29-16-18-11-7-4-8-12-18;1-16(21(25)26)22(12-19(23)27-14-17-8-4-2-5-9-17)13-20(24)28-15-18-10-6-3-7-11-18;20-16(21)11-19(12-17(22)24-14-7-3-1-4-8-14)13-18(23)25-15-9-5-2-6-10-15/h1-15,25H,16-19H2,(H,30,31);3-12,19H,2,13-16H2,1H3,(H,26,27);2-11,16H,12-15H2,1H3,(H,25,26);14-15H,1-13H2,(H,20,21). The van der Waals surface area contributed by atoms with Crippen LogP contribution < -0.4 is 0 Å². The summed E-state index contributed by atoms with van der Waals surface area (Å²) in [5.41, 5.74) is 5.32. The van der Waals surface area contributed by atoms with Crippen LogP contribution in [0.1, 0.15) is 129 Å². The molecule has 7 aromatic carbocycles. The molecule has 0 radical (unpaired) electrons. The van der Waals surface area contributed by atoms with Crippen LogP contribution in [0.4, 0.5) is 0 Å². The van der Waals surface area contributed by atoms with Gasteiger partial charge in [-0.05, 0) is 104 Å². The van der Waals surface area contributed by atoms with E-state index in [0.717, 1.165) is 97.6 Å². The van der Waals surface area contributed by atoms with Crippen LogP contribution in [0.25, 0.3) is 0 Å². The molecule has 0 aliphatic heterocycles. The summed E-state index contributed by atoms with van der Waals surface area (Å²) < 4.78 is 42.2. The highest BCUT2D eigenvalue weighted by molar-refractivity contribution is 5.82. The van der Waals surface area contributed by atoms with Gasteiger partial charge in [0, 0.05) is 0 Å². The second-order valence-electron chi connectivity index (χ2n) is 27.1. The summed E-state index contributed by atoms with van der Waals surface area (Å²) in [5, 5.41) is 37.6. The third-order valence-electron chi connectivity index (χ3n) is 17.9. The summed E-state index contributed by atoms with van der Waals surface area (Å²) >= 11 is 0. The Morgan fingerprint density at radius 2 is 0.574 bits per heavy atom. The Bertz CT molecular complexity index is 3890. The fraction of sp³-hybridized carbons (Fsp3) is 0.379. The minimum absolute atomic E-state index is 0.0506. The number of carboxylic acids is 4. The van der Waals surface area contributed by atoms with Gasteiger partial charge in [0.25, 0.3) is 0 Å². The molecule has 28 nitrogen and oxygen atoms in total. The van der Waals surface area contributed by atoms with E-state index < -0.39 is 89.8 Å². The Balaban J connectivity index is 0.000000240. The molecule has 28 heteroatoms. The van der Waals surface area contributed by atoms with E-state index >= 15 is 0 Å². The SMILES string of the molecule is CC(C(=O)O)N(CC(=O)OCc1ccccc1)CC(=O)OCc1ccccc1.CCC(C(=O)O)N(CC(=O)OCc1ccccc1)CC(=O)OCc1ccccc1.O=C(CN(CC(=O)OCc1ccccc1)C(C(=O)O)c1ccccc1)OCc1ccccc1.O=C(O)CN(CC(=O)OC1CCCCC1)CC(=O)OC1CCCCC1. The molecule has 2 saturated carbocycles. The van der Waals surface area contributed by atoms with E-state index in [2.05, 4.69) is 0 Å². The van der Waals surface area contributed by atoms with Gasteiger partial charge in [0.1, 0.15) is 70.0 Å². The minimum atomic E-state index is -1.22. The summed E-state index contributed by atoms with van der Waals surface area (Å²) in [4.78, 5) is 149. The van der Waals surface area contributed by atoms with E-state index in [9.17, 15) is 72.9 Å². The van der Waals surface area contributed by atoms with E-state index in [4.69, 9.17) is 43.0 Å². The fourth-order valence-corrected chi connectivity index (χ4v) is 12.0. The highest BCUT2D eigenvalue weighted by Gasteiger charge is 2.33. The Labute approximate surface area is 668 Å². The molecule has 0 bridgehead atoms. The maximum absolute atomic E-state index is 12.5. The number of ether oxygens (including phenoxy) is 8. The van der Waals surface area contributed by atoms with Crippen molar-refractivity contribution in [2.45, 2.75) is 154 Å². The Hall–Kier alpha value is -12.0. The molecule has 4 N–H and O–H groups in total. The number of esters is 8. The van der Waals surface area contributed by atoms with Crippen molar-refractivity contribution in [2.24, 2.45) is 0 Å². The molecule has 0 saturated heterocycles. The van der Waals surface area contributed by atoms with Crippen molar-refractivity contribution >= 4 is 71.6 Å². The van der Waals surface area contributed by atoms with Gasteiger partial charge in [0.2, 0.25) is 0 Å². The lowest BCUT2D eigenvalue weighted by atomic mass is 9.98. The smallest absolute Gasteiger partial charge is 0.325 e. The van der Waals surface area contributed by atoms with Crippen molar-refractivity contribution in [3.63, 3.8) is 0 Å². The zero-order valence-corrected chi connectivity index (χ0v) is 64.7. The van der Waals surface area contributed by atoms with Crippen molar-refractivity contribution in [1.29, 1.82) is 0 Å². The molecular weight excluding hydrogens is 1480 g/mol. The van der Waals surface area contributed by atoms with Gasteiger partial charge in [-0.2, -0.15) is 0 Å². The van der Waals surface area contributed by atoms with Gasteiger partial charge in [-0.1, -0.05) is 232 Å². The molecule has 115 heavy (non-hydrogen) atoms. The molecule has 2 fully saturated rings. The third kappa shape index (κ3) is 37.9. The number of hydrogen-bond donors (Lipinski definition) is 4. The molecule has 9 rings (SSSR count). The van der Waals surface area contributed by atoms with Gasteiger partial charge in [-0.15, -0.1) is 0 Å². The molecule has 0 heterocycles. The van der Waals surface area contributed by atoms with Crippen LogP contribution >= 0.6 is 0 Å². The first-order valence-corrected chi connectivity index (χ1v) is 38.0. The average Bonchev–Trinajstić information content (AvgIpc) is 0.836. The number of benzene rings is 7. The Morgan fingerprint density at radius 3 is 0.817 bits per heavy atom. The molecule has 3 atom stereocenters. The first kappa shape index (κ1) is 91.9. The second-order valence-corrected chi connectivity index (χ2v) is 27.1. The van der Waals surface area contributed by atoms with E-state index in [1.165, 1.54) is 26.5 Å². The summed E-state index contributed by atoms with van der Waals surface area (Å²) in [6.45, 7) is 0.602. The van der Waals surface area contributed by atoms with Crippen LogP contribution in [0.2, 0.25) is 0 Å². The average molecular weight is 1590 g/mol. The maximum Gasteiger partial charge on any atom is 0.325 e. The van der Waals surface area contributed by atoms with Crippen LogP contribution in [0.3, 0.4) is 0 Å². The minimum Gasteiger partial charge on any atom is -0.480 e. The van der Waals surface area contributed by atoms with Crippen LogP contribution in [0, 0.1) is 0 Å². The third-order valence-corrected chi connectivity index (χ3v) is 17.9. The monoisotopic (exact) mass is 1590 g/mol. The van der Waals surface area contributed by atoms with Crippen molar-refractivity contribution in [3.05, 3.63) is 251 Å². The highest BCUT2D eigenvalue weighted by Crippen LogP contribution is 2.24. The van der Waals surface area contributed by atoms with Gasteiger partial charge in [0.15, 0.2) is 0 Å². The summed E-state index contributed by atoms with van der Waals surface area (Å²) in [6.07, 6.45) is 9.99. The predicted octanol–water partition coefficient (Wildman–Crippen LogP) is 10.6. The van der Waals surface area contributed by atoms with Gasteiger partial charge in [0.05, 0.1) is 58.9 Å². The number of nitrogens with zero attached hydrogens (tertiary/aromatic N) is 4. The number of carbonyl (C=O) groups is 12. The zero-order chi connectivity index (χ0) is 83.0. The first-order chi connectivity index (χ1) is 55.5. The van der Waals surface area contributed by atoms with Crippen LogP contribution in [-0.4, -0.2) is 195 Å². The topological polar surface area (TPSA) is 373 Å². The van der Waals surface area contributed by atoms with Crippen LogP contribution in [-0.2, 0) is 135 Å². The second kappa shape index (κ2) is 52.4. The van der Waals surface area contributed by atoms with Crippen molar-refractivity contribution in [1.82, 2.24) is 19.6 Å². The van der Waals surface area contributed by atoms with Gasteiger partial charge < -0.3 is 58.3 Å². The quantitative estimate of drug-likeness (QED) is 0.0205. The zero-order valence-electron chi connectivity index (χ0n) is 64.7. The Morgan fingerprint density at radius 1 is 0.313 bits per heavy atom. The van der Waals surface area contributed by atoms with Crippen molar-refractivity contribution < 1.29 is 116 Å². The van der Waals surface area contributed by atoms with E-state index in [1.807, 2.05) is 182 Å². The van der Waals surface area contributed by atoms with E-state index in [0.29, 0.717) is 5.56 Å². The van der Waals surface area contributed by atoms with Crippen LogP contribution in [0.15, 0.2) is 212 Å². The molecule has 0 spiro atoms. The van der Waals surface area contributed by atoms with E-state index in [1.54, 1.807) is 37.3 Å². The van der Waals surface area contributed by atoms with Gasteiger partial charge in [-0.25, -0.2) is 0 Å². The number of carbonyl (C=O) groups excluding carboxylic acids is 8. The number of hydrogen-bond acceptors (Lipinski definition) is 24. The maximum atomic E-state index is 12.5. The predicted molar refractivity (Wildman–Crippen MR) is 418 cm³/mol. The van der Waals surface area contributed by atoms with Crippen molar-refractivity contribution in [2.75, 3.05) is 58.9 Å². The fourth-order valence-electron chi connectivity index (χ4n) is 12.0. The molecule has 0 amide bonds. The van der Waals surface area contributed by atoms with Crippen molar-refractivity contribution in [3.8, 4) is 0 Å². The van der Waals surface area contributed by atoms with Crippen LogP contribution in [0.5, 0.6) is 0 Å². The number of aliphatic carboxylic acids is 4. The molecule has 7 aromatic rings. The lowest BCUT2D eigenvalue weighted by Gasteiger charge is -2.27. The first-order valence-electron chi connectivity index (χ1n) is 38.0. The summed E-state index contributed by atoms with van der Waals surface area (Å²) in [5.74, 6) is -9.21. The van der Waals surface area contributed by atoms with Gasteiger partial charge >= 0.3 is 71.6 Å². The Kier molecular flexibility index (Phi) is 41.8. The summed E-state index contributed by atoms with van der Waals surface area (Å²) in [7, 11) is 0. The van der Waals surface area contributed by atoms with E-state index in [-0.39, 0.29) is 117 Å². The normalized spacial score (nSPS) is 13.3. The molecule has 3 unspecified atom stereocenters. The number of carboxylic acid groups (broad SMARTS) is 4. The largest absolute Gasteiger partial charge is 0.480 e. The molecule has 0 aromatic heterocycles. The number of rotatable bonds is 40. The molecule has 2 aliphatic rings. The summed E-state index contributed by atoms with van der Waals surface area (Å²) in [6, 6.07) is 60.0.